The van der Waals surface area contributed by atoms with Crippen LogP contribution in [-0.4, -0.2) is 54.9 Å². The normalized spacial score (nSPS) is 17.5. The standard InChI is InChI=1S/C16H24Cl2N2/c17-8-2-10-20-13-11-19(12-14-20)9-1-3-15-4-6-16(18)7-5-15/h4-7H,1-3,8-14H2. The molecule has 1 saturated heterocycles. The third-order valence-electron chi connectivity index (χ3n) is 3.93. The summed E-state index contributed by atoms with van der Waals surface area (Å²) in [5.41, 5.74) is 1.38. The number of piperazine rings is 1. The number of hydrogen-bond acceptors (Lipinski definition) is 2. The van der Waals surface area contributed by atoms with Crippen LogP contribution in [0.2, 0.25) is 5.02 Å². The van der Waals surface area contributed by atoms with Crippen LogP contribution in [0.15, 0.2) is 24.3 Å². The molecule has 112 valence electrons. The van der Waals surface area contributed by atoms with Gasteiger partial charge in [-0.1, -0.05) is 23.7 Å². The van der Waals surface area contributed by atoms with Crippen molar-refractivity contribution in [3.63, 3.8) is 0 Å². The number of halogens is 2. The van der Waals surface area contributed by atoms with Crippen molar-refractivity contribution in [2.24, 2.45) is 0 Å². The molecule has 1 aliphatic rings. The molecule has 1 fully saturated rings. The van der Waals surface area contributed by atoms with Crippen LogP contribution >= 0.6 is 23.2 Å². The van der Waals surface area contributed by atoms with Gasteiger partial charge in [0, 0.05) is 37.1 Å². The fraction of sp³-hybridized carbons (Fsp3) is 0.625. The lowest BCUT2D eigenvalue weighted by molar-refractivity contribution is 0.132. The monoisotopic (exact) mass is 314 g/mol. The first-order valence-electron chi connectivity index (χ1n) is 7.53. The van der Waals surface area contributed by atoms with Crippen LogP contribution in [0.1, 0.15) is 18.4 Å². The molecule has 1 aliphatic heterocycles. The fourth-order valence-corrected chi connectivity index (χ4v) is 2.92. The van der Waals surface area contributed by atoms with Crippen LogP contribution in [-0.2, 0) is 6.42 Å². The van der Waals surface area contributed by atoms with E-state index >= 15 is 0 Å². The van der Waals surface area contributed by atoms with Crippen molar-refractivity contribution < 1.29 is 0 Å². The molecule has 20 heavy (non-hydrogen) atoms. The third-order valence-corrected chi connectivity index (χ3v) is 4.45. The highest BCUT2D eigenvalue weighted by Gasteiger charge is 2.15. The van der Waals surface area contributed by atoms with Crippen LogP contribution in [0, 0.1) is 0 Å². The van der Waals surface area contributed by atoms with Crippen LogP contribution in [0.4, 0.5) is 0 Å². The molecule has 0 unspecified atom stereocenters. The van der Waals surface area contributed by atoms with Crippen molar-refractivity contribution in [3.05, 3.63) is 34.9 Å². The van der Waals surface area contributed by atoms with E-state index in [4.69, 9.17) is 23.2 Å². The molecule has 0 bridgehead atoms. The molecule has 0 aromatic heterocycles. The van der Waals surface area contributed by atoms with E-state index < -0.39 is 0 Å². The van der Waals surface area contributed by atoms with Gasteiger partial charge in [-0.15, -0.1) is 11.6 Å². The summed E-state index contributed by atoms with van der Waals surface area (Å²) in [6.07, 6.45) is 3.48. The second-order valence-electron chi connectivity index (χ2n) is 5.46. The van der Waals surface area contributed by atoms with E-state index in [0.29, 0.717) is 0 Å². The number of benzene rings is 1. The summed E-state index contributed by atoms with van der Waals surface area (Å²) in [5, 5.41) is 0.821. The molecular weight excluding hydrogens is 291 g/mol. The van der Waals surface area contributed by atoms with Crippen molar-refractivity contribution in [2.75, 3.05) is 45.1 Å². The molecule has 1 heterocycles. The van der Waals surface area contributed by atoms with Gasteiger partial charge in [-0.3, -0.25) is 0 Å². The van der Waals surface area contributed by atoms with Crippen LogP contribution in [0.3, 0.4) is 0 Å². The Hall–Kier alpha value is -0.280. The van der Waals surface area contributed by atoms with Gasteiger partial charge in [0.1, 0.15) is 0 Å². The van der Waals surface area contributed by atoms with Crippen LogP contribution in [0.5, 0.6) is 0 Å². The number of aryl methyl sites for hydroxylation is 1. The highest BCUT2D eigenvalue weighted by atomic mass is 35.5. The Kier molecular flexibility index (Phi) is 7.15. The lowest BCUT2D eigenvalue weighted by atomic mass is 10.1. The molecule has 0 amide bonds. The number of nitrogens with zero attached hydrogens (tertiary/aromatic N) is 2. The summed E-state index contributed by atoms with van der Waals surface area (Å²) >= 11 is 11.6. The smallest absolute Gasteiger partial charge is 0.0406 e. The van der Waals surface area contributed by atoms with Gasteiger partial charge in [-0.05, 0) is 50.0 Å². The highest BCUT2D eigenvalue weighted by Crippen LogP contribution is 2.11. The summed E-state index contributed by atoms with van der Waals surface area (Å²) in [5.74, 6) is 0.779. The van der Waals surface area contributed by atoms with Crippen molar-refractivity contribution in [1.82, 2.24) is 9.80 Å². The van der Waals surface area contributed by atoms with E-state index in [2.05, 4.69) is 21.9 Å². The Balaban J connectivity index is 1.60. The molecule has 2 rings (SSSR count). The zero-order valence-electron chi connectivity index (χ0n) is 12.0. The summed E-state index contributed by atoms with van der Waals surface area (Å²) in [4.78, 5) is 5.10. The number of rotatable bonds is 7. The van der Waals surface area contributed by atoms with Gasteiger partial charge < -0.3 is 9.80 Å². The summed E-state index contributed by atoms with van der Waals surface area (Å²) < 4.78 is 0. The maximum absolute atomic E-state index is 5.90. The zero-order valence-corrected chi connectivity index (χ0v) is 13.5. The van der Waals surface area contributed by atoms with Gasteiger partial charge in [0.15, 0.2) is 0 Å². The largest absolute Gasteiger partial charge is 0.301 e. The van der Waals surface area contributed by atoms with Gasteiger partial charge in [0.05, 0.1) is 0 Å². The molecule has 4 heteroatoms. The predicted octanol–water partition coefficient (Wildman–Crippen LogP) is 3.52. The van der Waals surface area contributed by atoms with E-state index in [0.717, 1.165) is 30.3 Å². The second-order valence-corrected chi connectivity index (χ2v) is 6.27. The SMILES string of the molecule is ClCCCN1CCN(CCCc2ccc(Cl)cc2)CC1. The molecule has 1 aromatic rings. The van der Waals surface area contributed by atoms with Crippen molar-refractivity contribution in [2.45, 2.75) is 19.3 Å². The summed E-state index contributed by atoms with van der Waals surface area (Å²) in [6, 6.07) is 8.22. The molecule has 0 saturated carbocycles. The number of hydrogen-bond donors (Lipinski definition) is 0. The van der Waals surface area contributed by atoms with Gasteiger partial charge in [-0.25, -0.2) is 0 Å². The maximum atomic E-state index is 5.90. The lowest BCUT2D eigenvalue weighted by Gasteiger charge is -2.34. The highest BCUT2D eigenvalue weighted by molar-refractivity contribution is 6.30. The lowest BCUT2D eigenvalue weighted by Crippen LogP contribution is -2.46. The van der Waals surface area contributed by atoms with Crippen molar-refractivity contribution in [3.8, 4) is 0 Å². The molecule has 0 radical (unpaired) electrons. The topological polar surface area (TPSA) is 6.48 Å². The Bertz CT molecular complexity index is 373. The van der Waals surface area contributed by atoms with E-state index in [1.807, 2.05) is 12.1 Å². The van der Waals surface area contributed by atoms with E-state index in [9.17, 15) is 0 Å². The van der Waals surface area contributed by atoms with Gasteiger partial charge >= 0.3 is 0 Å². The average Bonchev–Trinajstić information content (AvgIpc) is 2.48. The maximum Gasteiger partial charge on any atom is 0.0406 e. The summed E-state index contributed by atoms with van der Waals surface area (Å²) in [6.45, 7) is 7.13. The van der Waals surface area contributed by atoms with Crippen LogP contribution in [0.25, 0.3) is 0 Å². The first-order chi connectivity index (χ1) is 9.78. The average molecular weight is 315 g/mol. The molecular formula is C16H24Cl2N2. The first-order valence-corrected chi connectivity index (χ1v) is 8.44. The predicted molar refractivity (Wildman–Crippen MR) is 88.0 cm³/mol. The van der Waals surface area contributed by atoms with Crippen molar-refractivity contribution >= 4 is 23.2 Å². The minimum atomic E-state index is 0.779. The van der Waals surface area contributed by atoms with Crippen LogP contribution < -0.4 is 0 Å². The molecule has 2 nitrogen and oxygen atoms in total. The Morgan fingerprint density at radius 2 is 1.40 bits per heavy atom. The molecule has 0 aliphatic carbocycles. The zero-order chi connectivity index (χ0) is 14.2. The molecule has 0 N–H and O–H groups in total. The minimum Gasteiger partial charge on any atom is -0.301 e. The van der Waals surface area contributed by atoms with E-state index in [-0.39, 0.29) is 0 Å². The Labute approximate surface area is 132 Å². The van der Waals surface area contributed by atoms with Crippen molar-refractivity contribution in [1.29, 1.82) is 0 Å². The van der Waals surface area contributed by atoms with Gasteiger partial charge in [0.2, 0.25) is 0 Å². The van der Waals surface area contributed by atoms with Gasteiger partial charge in [0.25, 0.3) is 0 Å². The fourth-order valence-electron chi connectivity index (χ4n) is 2.68. The van der Waals surface area contributed by atoms with E-state index in [1.165, 1.54) is 44.7 Å². The van der Waals surface area contributed by atoms with E-state index in [1.54, 1.807) is 0 Å². The summed E-state index contributed by atoms with van der Waals surface area (Å²) in [7, 11) is 0. The first kappa shape index (κ1) is 16.1. The minimum absolute atomic E-state index is 0.779. The number of alkyl halides is 1. The Morgan fingerprint density at radius 3 is 1.95 bits per heavy atom. The third kappa shape index (κ3) is 5.61. The Morgan fingerprint density at radius 1 is 0.850 bits per heavy atom. The van der Waals surface area contributed by atoms with Gasteiger partial charge in [-0.2, -0.15) is 0 Å². The molecule has 0 spiro atoms. The quantitative estimate of drug-likeness (QED) is 0.710. The molecule has 1 aromatic carbocycles. The second kappa shape index (κ2) is 8.89. The molecule has 0 atom stereocenters.